The van der Waals surface area contributed by atoms with Crippen LogP contribution in [0.4, 0.5) is 0 Å². The Morgan fingerprint density at radius 2 is 1.67 bits per heavy atom. The number of hydrogen-bond acceptors (Lipinski definition) is 5. The van der Waals surface area contributed by atoms with Crippen LogP contribution in [0.15, 0.2) is 54.6 Å². The third-order valence-corrected chi connectivity index (χ3v) is 4.61. The van der Waals surface area contributed by atoms with Gasteiger partial charge < -0.3 is 5.11 Å². The lowest BCUT2D eigenvalue weighted by atomic mass is 9.91. The summed E-state index contributed by atoms with van der Waals surface area (Å²) in [4.78, 5) is 24.5. The largest absolute Gasteiger partial charge is 0.508 e. The minimum Gasteiger partial charge on any atom is -0.508 e. The third kappa shape index (κ3) is 2.46. The molecule has 2 aliphatic heterocycles. The Hall–Kier alpha value is -2.70. The number of hydrazine groups is 1. The predicted molar refractivity (Wildman–Crippen MR) is 86.4 cm³/mol. The summed E-state index contributed by atoms with van der Waals surface area (Å²) in [6.07, 6.45) is 0. The first kappa shape index (κ1) is 14.9. The van der Waals surface area contributed by atoms with Crippen LogP contribution < -0.4 is 10.7 Å². The SMILES string of the molecule is O=C1NC(=O)[C@H]2[C@@H]1[C@H](c1ccc(O)cc1)NN2Cc1ccccc1. The molecule has 2 heterocycles. The number of aromatic hydroxyl groups is 1. The Balaban J connectivity index is 1.66. The zero-order chi connectivity index (χ0) is 16.7. The second kappa shape index (κ2) is 5.74. The number of rotatable bonds is 3. The van der Waals surface area contributed by atoms with Crippen LogP contribution >= 0.6 is 0 Å². The van der Waals surface area contributed by atoms with Crippen molar-refractivity contribution in [2.75, 3.05) is 0 Å². The molecule has 0 bridgehead atoms. The lowest BCUT2D eigenvalue weighted by Gasteiger charge is -2.22. The smallest absolute Gasteiger partial charge is 0.246 e. The molecule has 6 nitrogen and oxygen atoms in total. The number of imide groups is 1. The van der Waals surface area contributed by atoms with Gasteiger partial charge in [-0.2, -0.15) is 0 Å². The second-order valence-electron chi connectivity index (χ2n) is 6.14. The monoisotopic (exact) mass is 323 g/mol. The number of nitrogens with zero attached hydrogens (tertiary/aromatic N) is 1. The summed E-state index contributed by atoms with van der Waals surface area (Å²) in [6, 6.07) is 15.7. The summed E-state index contributed by atoms with van der Waals surface area (Å²) in [7, 11) is 0. The molecule has 0 saturated carbocycles. The van der Waals surface area contributed by atoms with E-state index in [1.54, 1.807) is 24.3 Å². The molecular weight excluding hydrogens is 306 g/mol. The Labute approximate surface area is 139 Å². The molecular formula is C18H17N3O3. The number of hydrogen-bond donors (Lipinski definition) is 3. The third-order valence-electron chi connectivity index (χ3n) is 4.61. The summed E-state index contributed by atoms with van der Waals surface area (Å²) in [5, 5.41) is 13.7. The van der Waals surface area contributed by atoms with Crippen LogP contribution in [0.1, 0.15) is 17.2 Å². The van der Waals surface area contributed by atoms with Crippen LogP contribution in [0.5, 0.6) is 5.75 Å². The molecule has 2 saturated heterocycles. The van der Waals surface area contributed by atoms with Gasteiger partial charge in [-0.15, -0.1) is 0 Å². The van der Waals surface area contributed by atoms with E-state index < -0.39 is 12.0 Å². The number of phenols is 1. The van der Waals surface area contributed by atoms with E-state index in [0.29, 0.717) is 6.54 Å². The van der Waals surface area contributed by atoms with Gasteiger partial charge in [-0.25, -0.2) is 10.4 Å². The molecule has 2 aromatic carbocycles. The first-order chi connectivity index (χ1) is 11.6. The average molecular weight is 323 g/mol. The van der Waals surface area contributed by atoms with Crippen LogP contribution in [-0.2, 0) is 16.1 Å². The number of carbonyl (C=O) groups is 2. The Morgan fingerprint density at radius 1 is 0.958 bits per heavy atom. The van der Waals surface area contributed by atoms with Crippen molar-refractivity contribution in [3.63, 3.8) is 0 Å². The van der Waals surface area contributed by atoms with Crippen molar-refractivity contribution in [1.82, 2.24) is 15.8 Å². The van der Waals surface area contributed by atoms with Gasteiger partial charge in [0.15, 0.2) is 0 Å². The fourth-order valence-corrected chi connectivity index (χ4v) is 3.48. The highest BCUT2D eigenvalue weighted by molar-refractivity contribution is 6.07. The second-order valence-corrected chi connectivity index (χ2v) is 6.14. The normalized spacial score (nSPS) is 26.4. The van der Waals surface area contributed by atoms with E-state index in [9.17, 15) is 14.7 Å². The summed E-state index contributed by atoms with van der Waals surface area (Å²) < 4.78 is 0. The highest BCUT2D eigenvalue weighted by Crippen LogP contribution is 2.37. The summed E-state index contributed by atoms with van der Waals surface area (Å²) in [5.74, 6) is -0.840. The maximum Gasteiger partial charge on any atom is 0.246 e. The summed E-state index contributed by atoms with van der Waals surface area (Å²) >= 11 is 0. The topological polar surface area (TPSA) is 81.7 Å². The van der Waals surface area contributed by atoms with Crippen LogP contribution in [0.2, 0.25) is 0 Å². The summed E-state index contributed by atoms with van der Waals surface area (Å²) in [6.45, 7) is 0.525. The van der Waals surface area contributed by atoms with Crippen molar-refractivity contribution in [1.29, 1.82) is 0 Å². The number of benzene rings is 2. The molecule has 2 aliphatic rings. The summed E-state index contributed by atoms with van der Waals surface area (Å²) in [5.41, 5.74) is 5.23. The quantitative estimate of drug-likeness (QED) is 0.737. The Kier molecular flexibility index (Phi) is 3.55. The van der Waals surface area contributed by atoms with E-state index in [0.717, 1.165) is 11.1 Å². The van der Waals surface area contributed by atoms with Crippen molar-refractivity contribution >= 4 is 11.8 Å². The van der Waals surface area contributed by atoms with Gasteiger partial charge in [-0.3, -0.25) is 14.9 Å². The van der Waals surface area contributed by atoms with E-state index in [-0.39, 0.29) is 23.6 Å². The molecule has 24 heavy (non-hydrogen) atoms. The minimum absolute atomic E-state index is 0.168. The highest BCUT2D eigenvalue weighted by Gasteiger charge is 2.54. The molecule has 0 unspecified atom stereocenters. The van der Waals surface area contributed by atoms with E-state index in [1.165, 1.54) is 0 Å². The molecule has 2 aromatic rings. The van der Waals surface area contributed by atoms with Gasteiger partial charge in [0.05, 0.1) is 12.0 Å². The number of phenolic OH excluding ortho intramolecular Hbond substituents is 1. The Morgan fingerprint density at radius 3 is 2.38 bits per heavy atom. The van der Waals surface area contributed by atoms with Gasteiger partial charge in [0.25, 0.3) is 0 Å². The highest BCUT2D eigenvalue weighted by atomic mass is 16.3. The van der Waals surface area contributed by atoms with Gasteiger partial charge in [0, 0.05) is 6.54 Å². The molecule has 0 aromatic heterocycles. The van der Waals surface area contributed by atoms with E-state index >= 15 is 0 Å². The van der Waals surface area contributed by atoms with Gasteiger partial charge in [-0.1, -0.05) is 42.5 Å². The number of nitrogens with one attached hydrogen (secondary N) is 2. The zero-order valence-electron chi connectivity index (χ0n) is 12.8. The van der Waals surface area contributed by atoms with Crippen molar-refractivity contribution in [3.05, 3.63) is 65.7 Å². The van der Waals surface area contributed by atoms with Crippen molar-refractivity contribution in [3.8, 4) is 5.75 Å². The number of fused-ring (bicyclic) bond motifs is 1. The molecule has 122 valence electrons. The lowest BCUT2D eigenvalue weighted by molar-refractivity contribution is -0.127. The van der Waals surface area contributed by atoms with Crippen LogP contribution in [0.3, 0.4) is 0 Å². The van der Waals surface area contributed by atoms with Crippen molar-refractivity contribution in [2.45, 2.75) is 18.6 Å². The fourth-order valence-electron chi connectivity index (χ4n) is 3.48. The molecule has 2 amide bonds. The van der Waals surface area contributed by atoms with Crippen molar-refractivity contribution in [2.24, 2.45) is 5.92 Å². The standard InChI is InChI=1S/C18H17N3O3/c22-13-8-6-12(7-9-13)15-14-16(18(24)19-17(14)23)21(20-15)10-11-4-2-1-3-5-11/h1-9,14-16,20,22H,10H2,(H,19,23,24)/t14-,15-,16+/m0/s1. The van der Waals surface area contributed by atoms with Crippen LogP contribution in [-0.4, -0.2) is 28.0 Å². The van der Waals surface area contributed by atoms with Gasteiger partial charge in [0.2, 0.25) is 11.8 Å². The average Bonchev–Trinajstić information content (AvgIpc) is 3.09. The fraction of sp³-hybridized carbons (Fsp3) is 0.222. The molecule has 0 spiro atoms. The van der Waals surface area contributed by atoms with E-state index in [4.69, 9.17) is 0 Å². The first-order valence-corrected chi connectivity index (χ1v) is 7.84. The van der Waals surface area contributed by atoms with E-state index in [1.807, 2.05) is 35.3 Å². The van der Waals surface area contributed by atoms with Gasteiger partial charge in [0.1, 0.15) is 11.8 Å². The maximum atomic E-state index is 12.3. The lowest BCUT2D eigenvalue weighted by Crippen LogP contribution is -2.43. The molecule has 0 aliphatic carbocycles. The predicted octanol–water partition coefficient (Wildman–Crippen LogP) is 1.09. The molecule has 0 radical (unpaired) electrons. The molecule has 6 heteroatoms. The van der Waals surface area contributed by atoms with Crippen molar-refractivity contribution < 1.29 is 14.7 Å². The minimum atomic E-state index is -0.531. The molecule has 3 atom stereocenters. The van der Waals surface area contributed by atoms with Crippen LogP contribution in [0, 0.1) is 5.92 Å². The zero-order valence-corrected chi connectivity index (χ0v) is 12.8. The molecule has 3 N–H and O–H groups in total. The molecule has 4 rings (SSSR count). The van der Waals surface area contributed by atoms with E-state index in [2.05, 4.69) is 10.7 Å². The van der Waals surface area contributed by atoms with Gasteiger partial charge >= 0.3 is 0 Å². The van der Waals surface area contributed by atoms with Crippen LogP contribution in [0.25, 0.3) is 0 Å². The first-order valence-electron chi connectivity index (χ1n) is 7.84. The molecule has 2 fully saturated rings. The Bertz CT molecular complexity index is 776. The maximum absolute atomic E-state index is 12.3. The number of amides is 2. The van der Waals surface area contributed by atoms with Gasteiger partial charge in [-0.05, 0) is 23.3 Å². The number of carbonyl (C=O) groups excluding carboxylic acids is 2.